The van der Waals surface area contributed by atoms with Crippen molar-refractivity contribution in [2.45, 2.75) is 6.92 Å². The zero-order valence-corrected chi connectivity index (χ0v) is 12.7. The Labute approximate surface area is 131 Å². The number of nitro benzene ring substituents is 1. The minimum absolute atomic E-state index is 0.163. The summed E-state index contributed by atoms with van der Waals surface area (Å²) in [7, 11) is 2.78. The molecular formula is C12H17N5O6. The molecular weight excluding hydrogens is 310 g/mol. The molecule has 0 fully saturated rings. The van der Waals surface area contributed by atoms with E-state index in [0.717, 1.165) is 6.92 Å². The Morgan fingerprint density at radius 1 is 1.35 bits per heavy atom. The van der Waals surface area contributed by atoms with Crippen LogP contribution in [0.3, 0.4) is 0 Å². The molecule has 0 amide bonds. The molecule has 0 atom stereocenters. The van der Waals surface area contributed by atoms with Gasteiger partial charge in [0, 0.05) is 18.6 Å². The van der Waals surface area contributed by atoms with Crippen LogP contribution in [0.4, 0.5) is 5.69 Å². The molecule has 1 aromatic rings. The van der Waals surface area contributed by atoms with Crippen LogP contribution in [0.5, 0.6) is 11.5 Å². The summed E-state index contributed by atoms with van der Waals surface area (Å²) in [6, 6.07) is 2.52. The number of nitro groups is 1. The Morgan fingerprint density at radius 2 is 1.91 bits per heavy atom. The first-order valence-corrected chi connectivity index (χ1v) is 5.94. The molecule has 0 aliphatic carbocycles. The molecule has 0 heterocycles. The summed E-state index contributed by atoms with van der Waals surface area (Å²) in [6.45, 7) is 1.08. The summed E-state index contributed by atoms with van der Waals surface area (Å²) < 4.78 is 10.1. The zero-order chi connectivity index (χ0) is 18.0. The van der Waals surface area contributed by atoms with Gasteiger partial charge >= 0.3 is 0 Å². The molecule has 11 heteroatoms. The van der Waals surface area contributed by atoms with Gasteiger partial charge in [0.05, 0.1) is 31.4 Å². The zero-order valence-electron chi connectivity index (χ0n) is 12.7. The van der Waals surface area contributed by atoms with Gasteiger partial charge in [-0.3, -0.25) is 14.9 Å². The van der Waals surface area contributed by atoms with Gasteiger partial charge in [-0.1, -0.05) is 0 Å². The van der Waals surface area contributed by atoms with Crippen LogP contribution in [-0.4, -0.2) is 42.4 Å². The van der Waals surface area contributed by atoms with Gasteiger partial charge in [0.15, 0.2) is 11.5 Å². The third-order valence-electron chi connectivity index (χ3n) is 2.07. The molecule has 5 N–H and O–H groups in total. The fraction of sp³-hybridized carbons (Fsp3) is 0.250. The van der Waals surface area contributed by atoms with E-state index in [4.69, 9.17) is 30.8 Å². The lowest BCUT2D eigenvalue weighted by atomic mass is 10.1. The Morgan fingerprint density at radius 3 is 2.30 bits per heavy atom. The molecule has 126 valence electrons. The van der Waals surface area contributed by atoms with Crippen molar-refractivity contribution in [1.29, 1.82) is 0 Å². The molecule has 0 radical (unpaired) electrons. The summed E-state index contributed by atoms with van der Waals surface area (Å²) >= 11 is 0. The van der Waals surface area contributed by atoms with E-state index < -0.39 is 10.9 Å². The number of carboxylic acids is 1. The molecule has 0 saturated heterocycles. The van der Waals surface area contributed by atoms with Crippen LogP contribution in [-0.2, 0) is 4.79 Å². The van der Waals surface area contributed by atoms with Gasteiger partial charge in [-0.25, -0.2) is 0 Å². The molecule has 0 unspecified atom stereocenters. The van der Waals surface area contributed by atoms with Crippen molar-refractivity contribution < 1.29 is 24.3 Å². The minimum atomic E-state index is -0.833. The maximum Gasteiger partial charge on any atom is 0.300 e. The molecule has 0 aliphatic rings. The van der Waals surface area contributed by atoms with E-state index in [9.17, 15) is 10.1 Å². The van der Waals surface area contributed by atoms with Crippen LogP contribution >= 0.6 is 0 Å². The van der Waals surface area contributed by atoms with Gasteiger partial charge in [0.1, 0.15) is 0 Å². The van der Waals surface area contributed by atoms with Gasteiger partial charge < -0.3 is 26.0 Å². The van der Waals surface area contributed by atoms with E-state index in [1.165, 1.54) is 32.6 Å². The van der Waals surface area contributed by atoms with Crippen molar-refractivity contribution in [3.8, 4) is 11.5 Å². The van der Waals surface area contributed by atoms with E-state index in [1.54, 1.807) is 0 Å². The summed E-state index contributed by atoms with van der Waals surface area (Å²) in [5.74, 6) is -0.557. The molecule has 0 aliphatic heterocycles. The topological polar surface area (TPSA) is 176 Å². The van der Waals surface area contributed by atoms with Crippen molar-refractivity contribution in [2.24, 2.45) is 21.7 Å². The second-order valence-electron chi connectivity index (χ2n) is 3.82. The lowest BCUT2D eigenvalue weighted by Gasteiger charge is -2.09. The number of methoxy groups -OCH3 is 2. The third kappa shape index (κ3) is 7.27. The smallest absolute Gasteiger partial charge is 0.300 e. The maximum atomic E-state index is 10.8. The van der Waals surface area contributed by atoms with Crippen molar-refractivity contribution in [1.82, 2.24) is 0 Å². The van der Waals surface area contributed by atoms with Crippen LogP contribution in [0.15, 0.2) is 22.3 Å². The van der Waals surface area contributed by atoms with Gasteiger partial charge in [-0.15, -0.1) is 5.10 Å². The number of nitrogens with two attached hydrogens (primary N) is 2. The fourth-order valence-electron chi connectivity index (χ4n) is 1.34. The van der Waals surface area contributed by atoms with Gasteiger partial charge in [0.25, 0.3) is 11.7 Å². The normalized spacial score (nSPS) is 9.52. The molecule has 23 heavy (non-hydrogen) atoms. The van der Waals surface area contributed by atoms with Crippen molar-refractivity contribution >= 4 is 23.8 Å². The van der Waals surface area contributed by atoms with E-state index in [-0.39, 0.29) is 17.4 Å². The van der Waals surface area contributed by atoms with Gasteiger partial charge in [-0.2, -0.15) is 5.10 Å². The summed E-state index contributed by atoms with van der Waals surface area (Å²) in [5, 5.41) is 25.2. The summed E-state index contributed by atoms with van der Waals surface area (Å²) in [5.41, 5.74) is 10.4. The Balaban J connectivity index is 0.00000108. The first kappa shape index (κ1) is 19.6. The second kappa shape index (κ2) is 9.55. The van der Waals surface area contributed by atoms with E-state index in [1.807, 2.05) is 0 Å². The lowest BCUT2D eigenvalue weighted by molar-refractivity contribution is -0.385. The molecule has 11 nitrogen and oxygen atoms in total. The highest BCUT2D eigenvalue weighted by atomic mass is 16.6. The third-order valence-corrected chi connectivity index (χ3v) is 2.07. The molecule has 1 rings (SSSR count). The van der Waals surface area contributed by atoms with Crippen LogP contribution in [0, 0.1) is 10.1 Å². The molecule has 0 aromatic heterocycles. The largest absolute Gasteiger partial charge is 0.493 e. The number of aliphatic carboxylic acids is 1. The lowest BCUT2D eigenvalue weighted by Crippen LogP contribution is -2.21. The van der Waals surface area contributed by atoms with Crippen LogP contribution in [0.1, 0.15) is 12.5 Å². The predicted octanol–water partition coefficient (Wildman–Crippen LogP) is 0.310. The van der Waals surface area contributed by atoms with Crippen molar-refractivity contribution in [3.63, 3.8) is 0 Å². The molecule has 0 spiro atoms. The first-order chi connectivity index (χ1) is 10.7. The number of non-ortho nitro benzene ring substituents is 1. The molecule has 0 saturated carbocycles. The number of rotatable bonds is 5. The summed E-state index contributed by atoms with van der Waals surface area (Å²) in [6.07, 6.45) is 1.23. The number of carbonyl (C=O) groups is 1. The number of benzene rings is 1. The number of carboxylic acid groups (broad SMARTS) is 1. The van der Waals surface area contributed by atoms with Crippen molar-refractivity contribution in [3.05, 3.63) is 27.8 Å². The highest BCUT2D eigenvalue weighted by Gasteiger charge is 2.16. The quantitative estimate of drug-likeness (QED) is 0.299. The molecule has 1 aromatic carbocycles. The second-order valence-corrected chi connectivity index (χ2v) is 3.82. The van der Waals surface area contributed by atoms with Crippen molar-refractivity contribution in [2.75, 3.05) is 14.2 Å². The first-order valence-electron chi connectivity index (χ1n) is 5.94. The highest BCUT2D eigenvalue weighted by Crippen LogP contribution is 2.34. The minimum Gasteiger partial charge on any atom is -0.493 e. The van der Waals surface area contributed by atoms with Crippen LogP contribution < -0.4 is 20.9 Å². The Kier molecular flexibility index (Phi) is 8.15. The number of hydrogen-bond donors (Lipinski definition) is 3. The SMILES string of the molecule is CC(=O)O.COc1cc([N+](=O)[O-])cc(C=NN=C(N)N)c1OC. The predicted molar refractivity (Wildman–Crippen MR) is 82.9 cm³/mol. The van der Waals surface area contributed by atoms with Crippen LogP contribution in [0.2, 0.25) is 0 Å². The Bertz CT molecular complexity index is 621. The van der Waals surface area contributed by atoms with Crippen LogP contribution in [0.25, 0.3) is 0 Å². The number of hydrogen-bond acceptors (Lipinski definition) is 7. The summed E-state index contributed by atoms with van der Waals surface area (Å²) in [4.78, 5) is 19.2. The number of nitrogens with zero attached hydrogens (tertiary/aromatic N) is 3. The van der Waals surface area contributed by atoms with E-state index in [0.29, 0.717) is 11.3 Å². The number of guanidine groups is 1. The highest BCUT2D eigenvalue weighted by molar-refractivity contribution is 5.87. The maximum absolute atomic E-state index is 10.8. The fourth-order valence-corrected chi connectivity index (χ4v) is 1.34. The average molecular weight is 327 g/mol. The Hall–Kier alpha value is -3.37. The number of ether oxygens (including phenoxy) is 2. The van der Waals surface area contributed by atoms with Gasteiger partial charge in [0.2, 0.25) is 5.96 Å². The van der Waals surface area contributed by atoms with Gasteiger partial charge in [-0.05, 0) is 0 Å². The van der Waals surface area contributed by atoms with E-state index >= 15 is 0 Å². The van der Waals surface area contributed by atoms with E-state index in [2.05, 4.69) is 10.2 Å². The monoisotopic (exact) mass is 327 g/mol. The molecule has 0 bridgehead atoms. The standard InChI is InChI=1S/C10H13N5O4.C2H4O2/c1-18-8-4-7(15(16)17)3-6(9(8)19-2)5-13-14-10(11)12;1-2(3)4/h3-5H,1-2H3,(H4,11,12,14);1H3,(H,3,4). The average Bonchev–Trinajstić information content (AvgIpc) is 2.45.